The van der Waals surface area contributed by atoms with Gasteiger partial charge in [-0.1, -0.05) is 71.9 Å². The van der Waals surface area contributed by atoms with Gasteiger partial charge >= 0.3 is 5.97 Å². The lowest BCUT2D eigenvalue weighted by Gasteiger charge is -2.52. The number of halogens is 1. The van der Waals surface area contributed by atoms with Crippen molar-refractivity contribution in [3.63, 3.8) is 0 Å². The highest BCUT2D eigenvalue weighted by molar-refractivity contribution is 14.1. The lowest BCUT2D eigenvalue weighted by atomic mass is 9.60. The molecular weight excluding hydrogens is 829 g/mol. The van der Waals surface area contributed by atoms with Crippen LogP contribution in [-0.4, -0.2) is 99.4 Å². The van der Waals surface area contributed by atoms with Gasteiger partial charge in [-0.2, -0.15) is 0 Å². The molecule has 56 heavy (non-hydrogen) atoms. The third-order valence-electron chi connectivity index (χ3n) is 12.4. The van der Waals surface area contributed by atoms with E-state index in [0.29, 0.717) is 6.42 Å². The summed E-state index contributed by atoms with van der Waals surface area (Å²) < 4.78 is 36.6. The van der Waals surface area contributed by atoms with Crippen molar-refractivity contribution in [3.05, 3.63) is 48.2 Å². The molecule has 4 rings (SSSR count). The molecule has 11 nitrogen and oxygen atoms in total. The maximum atomic E-state index is 14.5. The Balaban J connectivity index is 1.73. The fraction of sp³-hybridized carbons (Fsp3) is 0.705. The number of para-hydroxylation sites is 1. The van der Waals surface area contributed by atoms with Gasteiger partial charge in [0.2, 0.25) is 0 Å². The van der Waals surface area contributed by atoms with Gasteiger partial charge in [0.15, 0.2) is 10.4 Å². The molecule has 0 amide bonds. The number of ketones is 1. The van der Waals surface area contributed by atoms with Gasteiger partial charge in [0.05, 0.1) is 41.5 Å². The number of ether oxygens (including phenoxy) is 6. The van der Waals surface area contributed by atoms with Crippen LogP contribution >= 0.6 is 22.6 Å². The van der Waals surface area contributed by atoms with Gasteiger partial charge in [-0.3, -0.25) is 14.6 Å². The van der Waals surface area contributed by atoms with E-state index >= 15 is 0 Å². The molecule has 1 unspecified atom stereocenters. The molecule has 2 aliphatic rings. The van der Waals surface area contributed by atoms with Crippen LogP contribution in [-0.2, 0) is 38.0 Å². The number of fused-ring (bicyclic) bond motifs is 1. The Kier molecular flexibility index (Phi) is 15.4. The summed E-state index contributed by atoms with van der Waals surface area (Å²) in [5.41, 5.74) is -2.20. The van der Waals surface area contributed by atoms with Crippen molar-refractivity contribution >= 4 is 51.3 Å². The Morgan fingerprint density at radius 1 is 0.982 bits per heavy atom. The first-order chi connectivity index (χ1) is 26.0. The van der Waals surface area contributed by atoms with E-state index in [2.05, 4.69) is 25.8 Å². The number of alkyl halides is 1. The SMILES string of the molecule is CO[C@]1(C)C[C@@H](C)C(=O)[C@H](C)[C@@H](OC/C=C/c2cnc3ccccc3c2)[C@](C)(O)[C@@H](I)OC(=O)[C@H](C)[C@@H](O[C@H]2C[C@@](C)(OC)[C@@H](O)[C@H](C)O2)[C@H](C)C1C(C)(C)C. The van der Waals surface area contributed by atoms with Gasteiger partial charge in [0, 0.05) is 44.1 Å². The number of hydrogen-bond donors (Lipinski definition) is 2. The fourth-order valence-corrected chi connectivity index (χ4v) is 10.1. The molecule has 314 valence electrons. The highest BCUT2D eigenvalue weighted by atomic mass is 127. The molecule has 2 fully saturated rings. The number of rotatable bonds is 8. The summed E-state index contributed by atoms with van der Waals surface area (Å²) in [5, 5.41) is 24.2. The third-order valence-corrected chi connectivity index (χ3v) is 13.9. The molecule has 2 N–H and O–H groups in total. The number of methoxy groups -OCH3 is 2. The van der Waals surface area contributed by atoms with Crippen molar-refractivity contribution in [2.75, 3.05) is 20.8 Å². The number of esters is 1. The van der Waals surface area contributed by atoms with E-state index in [-0.39, 0.29) is 36.1 Å². The standard InChI is InChI=1S/C44H66INO10/c1-25-22-42(9,51-12)36(41(6,7)8)27(3)35(55-33-23-43(10,52-13)37(48)29(5)54-33)28(4)39(49)56-40(45)44(11,50)38(26(2)34(25)47)53-20-16-17-30-21-31-18-14-15-19-32(31)46-24-30/h14-19,21,24-29,33,35-38,40,48,50H,20,22-23H2,1-13H3/b17-16+/t25-,26+,27+,28-,29+,33+,35+,36?,37+,38-,40+,42-,43-,44+/m1/s1. The molecule has 2 aromatic rings. The third kappa shape index (κ3) is 10.2. The normalized spacial score (nSPS) is 39.8. The second kappa shape index (κ2) is 18.5. The number of benzene rings is 1. The fourth-order valence-electron chi connectivity index (χ4n) is 9.49. The van der Waals surface area contributed by atoms with Gasteiger partial charge < -0.3 is 38.6 Å². The number of Topliss-reactive ketones (excluding diaryl/α,β-unsaturated/α-hetero) is 1. The molecule has 2 aliphatic heterocycles. The number of carbonyl (C=O) groups is 2. The van der Waals surface area contributed by atoms with Gasteiger partial charge in [-0.15, -0.1) is 0 Å². The summed E-state index contributed by atoms with van der Waals surface area (Å²) in [4.78, 5) is 33.3. The van der Waals surface area contributed by atoms with Gasteiger partial charge in [-0.25, -0.2) is 0 Å². The molecular formula is C44H66INO10. The molecule has 3 heterocycles. The van der Waals surface area contributed by atoms with Crippen LogP contribution in [0.5, 0.6) is 0 Å². The summed E-state index contributed by atoms with van der Waals surface area (Å²) in [5.74, 6) is -3.36. The summed E-state index contributed by atoms with van der Waals surface area (Å²) >= 11 is 1.92. The van der Waals surface area contributed by atoms with Crippen LogP contribution in [0.25, 0.3) is 17.0 Å². The monoisotopic (exact) mass is 895 g/mol. The van der Waals surface area contributed by atoms with E-state index in [9.17, 15) is 19.8 Å². The van der Waals surface area contributed by atoms with Gasteiger partial charge in [0.1, 0.15) is 23.6 Å². The summed E-state index contributed by atoms with van der Waals surface area (Å²) in [6.45, 7) is 21.1. The van der Waals surface area contributed by atoms with Gasteiger partial charge in [-0.05, 0) is 98.6 Å². The van der Waals surface area contributed by atoms with Crippen molar-refractivity contribution in [2.24, 2.45) is 35.0 Å². The van der Waals surface area contributed by atoms with Crippen molar-refractivity contribution in [1.82, 2.24) is 4.98 Å². The minimum Gasteiger partial charge on any atom is -0.448 e. The van der Waals surface area contributed by atoms with Gasteiger partial charge in [0.25, 0.3) is 0 Å². The summed E-state index contributed by atoms with van der Waals surface area (Å²) in [7, 11) is 3.21. The van der Waals surface area contributed by atoms with E-state index in [1.165, 1.54) is 0 Å². The maximum absolute atomic E-state index is 14.5. The van der Waals surface area contributed by atoms with E-state index in [0.717, 1.165) is 16.5 Å². The molecule has 1 aromatic heterocycles. The Bertz CT molecular complexity index is 1680. The molecule has 14 atom stereocenters. The largest absolute Gasteiger partial charge is 0.448 e. The topological polar surface area (TPSA) is 143 Å². The van der Waals surface area contributed by atoms with E-state index < -0.39 is 75.3 Å². The van der Waals surface area contributed by atoms with Crippen molar-refractivity contribution in [1.29, 1.82) is 0 Å². The minimum absolute atomic E-state index is 0.0809. The highest BCUT2D eigenvalue weighted by Crippen LogP contribution is 2.49. The first-order valence-corrected chi connectivity index (χ1v) is 21.1. The number of cyclic esters (lactones) is 1. The molecule has 2 saturated heterocycles. The number of pyridine rings is 1. The number of nitrogens with zero attached hydrogens (tertiary/aromatic N) is 1. The van der Waals surface area contributed by atoms with E-state index in [4.69, 9.17) is 28.4 Å². The second-order valence-electron chi connectivity index (χ2n) is 17.9. The van der Waals surface area contributed by atoms with Crippen LogP contribution < -0.4 is 0 Å². The zero-order valence-corrected chi connectivity index (χ0v) is 37.7. The summed E-state index contributed by atoms with van der Waals surface area (Å²) in [6.07, 6.45) is 1.97. The van der Waals surface area contributed by atoms with Crippen LogP contribution in [0.2, 0.25) is 0 Å². The van der Waals surface area contributed by atoms with Crippen molar-refractivity contribution < 1.29 is 48.2 Å². The minimum atomic E-state index is -1.79. The quantitative estimate of drug-likeness (QED) is 0.154. The molecule has 0 radical (unpaired) electrons. The average molecular weight is 896 g/mol. The highest BCUT2D eigenvalue weighted by Gasteiger charge is 2.54. The Hall–Kier alpha value is -2.04. The average Bonchev–Trinajstić information content (AvgIpc) is 3.13. The number of hydrogen-bond acceptors (Lipinski definition) is 11. The number of aromatic nitrogens is 1. The zero-order chi connectivity index (χ0) is 42.0. The van der Waals surface area contributed by atoms with Crippen LogP contribution in [0.15, 0.2) is 42.6 Å². The van der Waals surface area contributed by atoms with Crippen molar-refractivity contribution in [3.8, 4) is 0 Å². The van der Waals surface area contributed by atoms with Crippen molar-refractivity contribution in [2.45, 2.75) is 141 Å². The lowest BCUT2D eigenvalue weighted by Crippen LogP contribution is -2.59. The predicted molar refractivity (Wildman–Crippen MR) is 225 cm³/mol. The Morgan fingerprint density at radius 2 is 1.62 bits per heavy atom. The summed E-state index contributed by atoms with van der Waals surface area (Å²) in [6, 6.07) is 9.89. The Labute approximate surface area is 347 Å². The predicted octanol–water partition coefficient (Wildman–Crippen LogP) is 7.56. The molecule has 1 aromatic carbocycles. The first kappa shape index (κ1) is 46.6. The lowest BCUT2D eigenvalue weighted by molar-refractivity contribution is -0.299. The smallest absolute Gasteiger partial charge is 0.312 e. The van der Waals surface area contributed by atoms with Crippen LogP contribution in [0.1, 0.15) is 94.6 Å². The van der Waals surface area contributed by atoms with Crippen LogP contribution in [0, 0.1) is 35.0 Å². The maximum Gasteiger partial charge on any atom is 0.312 e. The number of aliphatic hydroxyl groups excluding tert-OH is 1. The molecule has 0 saturated carbocycles. The molecule has 0 aliphatic carbocycles. The van der Waals surface area contributed by atoms with E-state index in [1.54, 1.807) is 48.1 Å². The number of carbonyl (C=O) groups excluding carboxylic acids is 2. The molecule has 0 bridgehead atoms. The van der Waals surface area contributed by atoms with Crippen LogP contribution in [0.4, 0.5) is 0 Å². The second-order valence-corrected chi connectivity index (χ2v) is 19.1. The van der Waals surface area contributed by atoms with E-state index in [1.807, 2.05) is 92.8 Å². The molecule has 0 spiro atoms. The Morgan fingerprint density at radius 3 is 2.25 bits per heavy atom. The first-order valence-electron chi connectivity index (χ1n) is 19.8. The van der Waals surface area contributed by atoms with Crippen LogP contribution in [0.3, 0.4) is 0 Å². The molecule has 12 heteroatoms. The zero-order valence-electron chi connectivity index (χ0n) is 35.6. The number of aliphatic hydroxyl groups is 2.